The van der Waals surface area contributed by atoms with Crippen molar-refractivity contribution in [3.05, 3.63) is 89.5 Å². The molecule has 3 aromatic carbocycles. The predicted molar refractivity (Wildman–Crippen MR) is 136 cm³/mol. The van der Waals surface area contributed by atoms with Crippen LogP contribution in [-0.4, -0.2) is 49.5 Å². The van der Waals surface area contributed by atoms with Crippen LogP contribution in [0.25, 0.3) is 0 Å². The number of benzene rings is 3. The minimum atomic E-state index is -0.155. The van der Waals surface area contributed by atoms with E-state index in [4.69, 9.17) is 4.74 Å². The van der Waals surface area contributed by atoms with Crippen LogP contribution in [0, 0.1) is 6.92 Å². The van der Waals surface area contributed by atoms with Gasteiger partial charge in [-0.3, -0.25) is 9.59 Å². The van der Waals surface area contributed by atoms with Gasteiger partial charge in [0.1, 0.15) is 5.75 Å². The summed E-state index contributed by atoms with van der Waals surface area (Å²) in [6.07, 6.45) is 0.944. The quantitative estimate of drug-likeness (QED) is 0.542. The zero-order valence-corrected chi connectivity index (χ0v) is 19.8. The van der Waals surface area contributed by atoms with Crippen LogP contribution in [-0.2, 0) is 0 Å². The average molecular weight is 458 g/mol. The SMILES string of the molecule is CCCOc1ccc(C(=O)Nc2ccc(N3CCN(C(=O)c4ccc(C)cc4)CC3)cc2)cc1. The maximum absolute atomic E-state index is 12.7. The second-order valence-corrected chi connectivity index (χ2v) is 8.52. The van der Waals surface area contributed by atoms with Crippen molar-refractivity contribution in [2.75, 3.05) is 43.0 Å². The van der Waals surface area contributed by atoms with E-state index in [0.29, 0.717) is 25.3 Å². The molecule has 1 N–H and O–H groups in total. The highest BCUT2D eigenvalue weighted by Gasteiger charge is 2.22. The van der Waals surface area contributed by atoms with E-state index >= 15 is 0 Å². The molecule has 0 saturated carbocycles. The van der Waals surface area contributed by atoms with Crippen molar-refractivity contribution < 1.29 is 14.3 Å². The zero-order valence-electron chi connectivity index (χ0n) is 19.8. The topological polar surface area (TPSA) is 61.9 Å². The number of ether oxygens (including phenoxy) is 1. The molecule has 1 fully saturated rings. The van der Waals surface area contributed by atoms with E-state index in [0.717, 1.165) is 47.8 Å². The summed E-state index contributed by atoms with van der Waals surface area (Å²) in [5.41, 5.74) is 4.30. The monoisotopic (exact) mass is 457 g/mol. The molecular weight excluding hydrogens is 426 g/mol. The zero-order chi connectivity index (χ0) is 23.9. The van der Waals surface area contributed by atoms with Gasteiger partial charge in [-0.25, -0.2) is 0 Å². The Balaban J connectivity index is 1.29. The van der Waals surface area contributed by atoms with Crippen molar-refractivity contribution in [2.24, 2.45) is 0 Å². The molecule has 1 saturated heterocycles. The molecule has 2 amide bonds. The second-order valence-electron chi connectivity index (χ2n) is 8.52. The Morgan fingerprint density at radius 2 is 1.44 bits per heavy atom. The minimum Gasteiger partial charge on any atom is -0.494 e. The largest absolute Gasteiger partial charge is 0.494 e. The molecule has 1 aliphatic rings. The van der Waals surface area contributed by atoms with E-state index < -0.39 is 0 Å². The highest BCUT2D eigenvalue weighted by molar-refractivity contribution is 6.04. The van der Waals surface area contributed by atoms with Crippen LogP contribution in [0.1, 0.15) is 39.6 Å². The Kier molecular flexibility index (Phi) is 7.48. The molecule has 0 bridgehead atoms. The lowest BCUT2D eigenvalue weighted by molar-refractivity contribution is 0.0746. The van der Waals surface area contributed by atoms with Gasteiger partial charge in [-0.1, -0.05) is 24.6 Å². The standard InChI is InChI=1S/C28H31N3O3/c1-3-20-34-26-14-8-22(9-15-26)27(32)29-24-10-12-25(13-11-24)30-16-18-31(19-17-30)28(33)23-6-4-21(2)5-7-23/h4-15H,3,16-20H2,1-2H3,(H,29,32). The molecule has 1 heterocycles. The van der Waals surface area contributed by atoms with Crippen LogP contribution in [0.5, 0.6) is 5.75 Å². The van der Waals surface area contributed by atoms with Crippen LogP contribution >= 0.6 is 0 Å². The number of hydrogen-bond acceptors (Lipinski definition) is 4. The van der Waals surface area contributed by atoms with E-state index in [-0.39, 0.29) is 11.8 Å². The van der Waals surface area contributed by atoms with Crippen molar-refractivity contribution in [3.8, 4) is 5.75 Å². The maximum Gasteiger partial charge on any atom is 0.255 e. The number of piperazine rings is 1. The fourth-order valence-corrected chi connectivity index (χ4v) is 3.93. The third-order valence-corrected chi connectivity index (χ3v) is 5.95. The number of rotatable bonds is 7. The average Bonchev–Trinajstić information content (AvgIpc) is 2.88. The first-order valence-electron chi connectivity index (χ1n) is 11.8. The Morgan fingerprint density at radius 1 is 0.824 bits per heavy atom. The molecule has 6 heteroatoms. The number of aryl methyl sites for hydroxylation is 1. The molecular formula is C28H31N3O3. The van der Waals surface area contributed by atoms with Crippen LogP contribution < -0.4 is 15.0 Å². The summed E-state index contributed by atoms with van der Waals surface area (Å²) in [4.78, 5) is 29.5. The van der Waals surface area contributed by atoms with Gasteiger partial charge < -0.3 is 19.9 Å². The first-order valence-corrected chi connectivity index (χ1v) is 11.8. The van der Waals surface area contributed by atoms with Gasteiger partial charge in [0.05, 0.1) is 6.61 Å². The molecule has 0 aromatic heterocycles. The van der Waals surface area contributed by atoms with Gasteiger partial charge >= 0.3 is 0 Å². The summed E-state index contributed by atoms with van der Waals surface area (Å²) in [5.74, 6) is 0.698. The van der Waals surface area contributed by atoms with Crippen LogP contribution in [0.2, 0.25) is 0 Å². The van der Waals surface area contributed by atoms with E-state index in [1.54, 1.807) is 12.1 Å². The highest BCUT2D eigenvalue weighted by Crippen LogP contribution is 2.21. The molecule has 6 nitrogen and oxygen atoms in total. The Hall–Kier alpha value is -3.80. The molecule has 176 valence electrons. The molecule has 3 aromatic rings. The van der Waals surface area contributed by atoms with Gasteiger partial charge in [-0.2, -0.15) is 0 Å². The number of nitrogens with zero attached hydrogens (tertiary/aromatic N) is 2. The summed E-state index contributed by atoms with van der Waals surface area (Å²) < 4.78 is 5.57. The number of amides is 2. The van der Waals surface area contributed by atoms with E-state index in [9.17, 15) is 9.59 Å². The van der Waals surface area contributed by atoms with Gasteiger partial charge in [0, 0.05) is 48.7 Å². The molecule has 0 atom stereocenters. The highest BCUT2D eigenvalue weighted by atomic mass is 16.5. The molecule has 0 unspecified atom stereocenters. The van der Waals surface area contributed by atoms with Gasteiger partial charge in [-0.05, 0) is 74.0 Å². The van der Waals surface area contributed by atoms with Gasteiger partial charge in [0.15, 0.2) is 0 Å². The summed E-state index contributed by atoms with van der Waals surface area (Å²) in [5, 5.41) is 2.94. The molecule has 0 radical (unpaired) electrons. The summed E-state index contributed by atoms with van der Waals surface area (Å²) >= 11 is 0. The fourth-order valence-electron chi connectivity index (χ4n) is 3.93. The molecule has 34 heavy (non-hydrogen) atoms. The number of nitrogens with one attached hydrogen (secondary N) is 1. The number of anilines is 2. The smallest absolute Gasteiger partial charge is 0.255 e. The lowest BCUT2D eigenvalue weighted by Gasteiger charge is -2.36. The number of carbonyl (C=O) groups excluding carboxylic acids is 2. The summed E-state index contributed by atoms with van der Waals surface area (Å²) in [6, 6.07) is 22.8. The van der Waals surface area contributed by atoms with Gasteiger partial charge in [0.25, 0.3) is 11.8 Å². The Bertz CT molecular complexity index is 1100. The minimum absolute atomic E-state index is 0.0858. The van der Waals surface area contributed by atoms with Crippen LogP contribution in [0.15, 0.2) is 72.8 Å². The first-order chi connectivity index (χ1) is 16.5. The van der Waals surface area contributed by atoms with Crippen LogP contribution in [0.3, 0.4) is 0 Å². The Labute approximate surface area is 201 Å². The lowest BCUT2D eigenvalue weighted by atomic mass is 10.1. The molecule has 0 spiro atoms. The van der Waals surface area contributed by atoms with Crippen LogP contribution in [0.4, 0.5) is 11.4 Å². The molecule has 1 aliphatic heterocycles. The molecule has 0 aliphatic carbocycles. The second kappa shape index (κ2) is 10.9. The lowest BCUT2D eigenvalue weighted by Crippen LogP contribution is -2.48. The normalized spacial score (nSPS) is 13.5. The fraction of sp³-hybridized carbons (Fsp3) is 0.286. The van der Waals surface area contributed by atoms with Crippen molar-refractivity contribution in [1.82, 2.24) is 4.90 Å². The van der Waals surface area contributed by atoms with E-state index in [1.165, 1.54) is 0 Å². The third-order valence-electron chi connectivity index (χ3n) is 5.95. The predicted octanol–water partition coefficient (Wildman–Crippen LogP) is 5.00. The Morgan fingerprint density at radius 3 is 2.06 bits per heavy atom. The number of hydrogen-bond donors (Lipinski definition) is 1. The van der Waals surface area contributed by atoms with E-state index in [2.05, 4.69) is 17.1 Å². The van der Waals surface area contributed by atoms with Crippen molar-refractivity contribution in [1.29, 1.82) is 0 Å². The first kappa shape index (κ1) is 23.4. The van der Waals surface area contributed by atoms with E-state index in [1.807, 2.05) is 72.5 Å². The summed E-state index contributed by atoms with van der Waals surface area (Å²) in [7, 11) is 0. The molecule has 4 rings (SSSR count). The van der Waals surface area contributed by atoms with Crippen molar-refractivity contribution >= 4 is 23.2 Å². The van der Waals surface area contributed by atoms with Gasteiger partial charge in [-0.15, -0.1) is 0 Å². The third kappa shape index (κ3) is 5.76. The van der Waals surface area contributed by atoms with Crippen molar-refractivity contribution in [2.45, 2.75) is 20.3 Å². The summed E-state index contributed by atoms with van der Waals surface area (Å²) in [6.45, 7) is 7.65. The van der Waals surface area contributed by atoms with Gasteiger partial charge in [0.2, 0.25) is 0 Å². The maximum atomic E-state index is 12.7. The van der Waals surface area contributed by atoms with Crippen molar-refractivity contribution in [3.63, 3.8) is 0 Å². The number of carbonyl (C=O) groups is 2.